The fraction of sp³-hybridized carbons (Fsp3) is 0.269. The Kier molecular flexibility index (Phi) is 7.76. The fourth-order valence-electron chi connectivity index (χ4n) is 3.69. The van der Waals surface area contributed by atoms with Crippen LogP contribution in [0.4, 0.5) is 11.4 Å². The minimum Gasteiger partial charge on any atom is -0.484 e. The zero-order chi connectivity index (χ0) is 24.0. The highest BCUT2D eigenvalue weighted by Gasteiger charge is 2.15. The summed E-state index contributed by atoms with van der Waals surface area (Å²) in [6.45, 7) is 7.75. The molecular weight excluding hydrogens is 436 g/mol. The number of nitrogens with one attached hydrogen (secondary N) is 2. The van der Waals surface area contributed by atoms with Gasteiger partial charge in [0.05, 0.1) is 4.90 Å². The molecule has 0 saturated carbocycles. The molecule has 0 aromatic heterocycles. The number of sulfonamides is 1. The largest absolute Gasteiger partial charge is 0.484 e. The van der Waals surface area contributed by atoms with E-state index >= 15 is 0 Å². The van der Waals surface area contributed by atoms with Crippen LogP contribution in [0.3, 0.4) is 0 Å². The van der Waals surface area contributed by atoms with Gasteiger partial charge in [-0.25, -0.2) is 8.42 Å². The van der Waals surface area contributed by atoms with Crippen molar-refractivity contribution >= 4 is 27.3 Å². The molecule has 0 aliphatic heterocycles. The zero-order valence-electron chi connectivity index (χ0n) is 19.4. The van der Waals surface area contributed by atoms with Gasteiger partial charge >= 0.3 is 0 Å². The Morgan fingerprint density at radius 3 is 2.00 bits per heavy atom. The second-order valence-electron chi connectivity index (χ2n) is 7.95. The molecule has 0 bridgehead atoms. The molecule has 0 saturated heterocycles. The van der Waals surface area contributed by atoms with Crippen LogP contribution in [0.25, 0.3) is 0 Å². The van der Waals surface area contributed by atoms with E-state index in [4.69, 9.17) is 4.74 Å². The average molecular weight is 467 g/mol. The molecule has 3 aromatic rings. The van der Waals surface area contributed by atoms with Gasteiger partial charge in [0.15, 0.2) is 6.61 Å². The maximum absolute atomic E-state index is 12.7. The third kappa shape index (κ3) is 6.35. The lowest BCUT2D eigenvalue weighted by Crippen LogP contribution is -2.21. The van der Waals surface area contributed by atoms with E-state index in [1.165, 1.54) is 12.1 Å². The highest BCUT2D eigenvalue weighted by molar-refractivity contribution is 7.92. The molecule has 7 heteroatoms. The first kappa shape index (κ1) is 24.3. The minimum atomic E-state index is -3.74. The number of benzene rings is 3. The number of amides is 1. The van der Waals surface area contributed by atoms with Crippen LogP contribution in [0.15, 0.2) is 65.6 Å². The van der Waals surface area contributed by atoms with Crippen LogP contribution in [0.5, 0.6) is 5.75 Å². The third-order valence-electron chi connectivity index (χ3n) is 5.24. The van der Waals surface area contributed by atoms with Crippen molar-refractivity contribution in [1.82, 2.24) is 0 Å². The molecule has 0 aliphatic carbocycles. The molecule has 174 valence electrons. The molecule has 0 fully saturated rings. The topological polar surface area (TPSA) is 84.5 Å². The highest BCUT2D eigenvalue weighted by atomic mass is 32.2. The molecule has 0 heterocycles. The summed E-state index contributed by atoms with van der Waals surface area (Å²) in [5.41, 5.74) is 5.46. The van der Waals surface area contributed by atoms with Crippen molar-refractivity contribution in [2.75, 3.05) is 16.6 Å². The molecule has 0 unspecified atom stereocenters. The first-order valence-corrected chi connectivity index (χ1v) is 12.4. The Bertz CT molecular complexity index is 1190. The number of hydrogen-bond donors (Lipinski definition) is 2. The lowest BCUT2D eigenvalue weighted by molar-refractivity contribution is -0.118. The Hall–Kier alpha value is -3.32. The van der Waals surface area contributed by atoms with Gasteiger partial charge < -0.3 is 10.1 Å². The molecular formula is C26H30N2O4S. The predicted molar refractivity (Wildman–Crippen MR) is 132 cm³/mol. The monoisotopic (exact) mass is 466 g/mol. The number of para-hydroxylation sites is 1. The standard InChI is InChI=1S/C26H30N2O4S/c1-5-20-8-7-9-21(6-2)26(20)27-25(29)17-32-23-10-12-24(13-11-23)33(30,31)28-22-15-18(3)14-19(4)16-22/h7-16,28H,5-6,17H2,1-4H3,(H,27,29). The van der Waals surface area contributed by atoms with Gasteiger partial charge in [-0.2, -0.15) is 0 Å². The maximum atomic E-state index is 12.7. The van der Waals surface area contributed by atoms with Crippen molar-refractivity contribution in [2.45, 2.75) is 45.4 Å². The molecule has 0 atom stereocenters. The summed E-state index contributed by atoms with van der Waals surface area (Å²) >= 11 is 0. The van der Waals surface area contributed by atoms with Crippen molar-refractivity contribution < 1.29 is 17.9 Å². The second kappa shape index (κ2) is 10.5. The van der Waals surface area contributed by atoms with Gasteiger partial charge in [0.1, 0.15) is 5.75 Å². The Labute approximate surface area is 196 Å². The van der Waals surface area contributed by atoms with E-state index < -0.39 is 10.0 Å². The van der Waals surface area contributed by atoms with Crippen molar-refractivity contribution in [3.8, 4) is 5.75 Å². The van der Waals surface area contributed by atoms with E-state index in [0.717, 1.165) is 40.8 Å². The Balaban J connectivity index is 1.63. The molecule has 3 rings (SSSR count). The summed E-state index contributed by atoms with van der Waals surface area (Å²) in [4.78, 5) is 12.6. The normalized spacial score (nSPS) is 11.2. The van der Waals surface area contributed by atoms with Gasteiger partial charge in [-0.15, -0.1) is 0 Å². The molecule has 0 aliphatic rings. The summed E-state index contributed by atoms with van der Waals surface area (Å²) in [7, 11) is -3.74. The van der Waals surface area contributed by atoms with Gasteiger partial charge in [0.25, 0.3) is 15.9 Å². The lowest BCUT2D eigenvalue weighted by Gasteiger charge is -2.15. The molecule has 0 radical (unpaired) electrons. The van der Waals surface area contributed by atoms with Crippen LogP contribution in [0.1, 0.15) is 36.1 Å². The summed E-state index contributed by atoms with van der Waals surface area (Å²) < 4.78 is 33.6. The van der Waals surface area contributed by atoms with Crippen LogP contribution >= 0.6 is 0 Å². The van der Waals surface area contributed by atoms with Crippen LogP contribution in [-0.2, 0) is 27.7 Å². The smallest absolute Gasteiger partial charge is 0.262 e. The van der Waals surface area contributed by atoms with Crippen molar-refractivity contribution in [3.05, 3.63) is 82.9 Å². The van der Waals surface area contributed by atoms with Crippen LogP contribution in [-0.4, -0.2) is 20.9 Å². The lowest BCUT2D eigenvalue weighted by atomic mass is 10.0. The summed E-state index contributed by atoms with van der Waals surface area (Å²) in [5, 5.41) is 2.95. The Morgan fingerprint density at radius 2 is 1.45 bits per heavy atom. The molecule has 3 aromatic carbocycles. The van der Waals surface area contributed by atoms with Crippen LogP contribution in [0.2, 0.25) is 0 Å². The number of ether oxygens (including phenoxy) is 1. The van der Waals surface area contributed by atoms with E-state index in [2.05, 4.69) is 10.0 Å². The zero-order valence-corrected chi connectivity index (χ0v) is 20.3. The van der Waals surface area contributed by atoms with E-state index in [0.29, 0.717) is 11.4 Å². The average Bonchev–Trinajstić information content (AvgIpc) is 2.77. The predicted octanol–water partition coefficient (Wildman–Crippen LogP) is 5.25. The summed E-state index contributed by atoms with van der Waals surface area (Å²) in [6, 6.07) is 17.5. The molecule has 0 spiro atoms. The van der Waals surface area contributed by atoms with Crippen LogP contribution in [0, 0.1) is 13.8 Å². The van der Waals surface area contributed by atoms with Gasteiger partial charge in [-0.1, -0.05) is 38.1 Å². The number of aryl methyl sites for hydroxylation is 4. The SMILES string of the molecule is CCc1cccc(CC)c1NC(=O)COc1ccc(S(=O)(=O)Nc2cc(C)cc(C)c2)cc1. The molecule has 33 heavy (non-hydrogen) atoms. The number of carbonyl (C=O) groups is 1. The van der Waals surface area contributed by atoms with E-state index in [9.17, 15) is 13.2 Å². The fourth-order valence-corrected chi connectivity index (χ4v) is 4.73. The first-order valence-electron chi connectivity index (χ1n) is 11.0. The highest BCUT2D eigenvalue weighted by Crippen LogP contribution is 2.23. The third-order valence-corrected chi connectivity index (χ3v) is 6.64. The summed E-state index contributed by atoms with van der Waals surface area (Å²) in [5.74, 6) is 0.147. The quantitative estimate of drug-likeness (QED) is 0.451. The van der Waals surface area contributed by atoms with E-state index in [-0.39, 0.29) is 17.4 Å². The van der Waals surface area contributed by atoms with E-state index in [1.807, 2.05) is 52.0 Å². The van der Waals surface area contributed by atoms with Crippen molar-refractivity contribution in [1.29, 1.82) is 0 Å². The van der Waals surface area contributed by atoms with Crippen molar-refractivity contribution in [3.63, 3.8) is 0 Å². The minimum absolute atomic E-state index is 0.114. The Morgan fingerprint density at radius 1 is 0.879 bits per heavy atom. The maximum Gasteiger partial charge on any atom is 0.262 e. The van der Waals surface area contributed by atoms with E-state index in [1.54, 1.807) is 24.3 Å². The van der Waals surface area contributed by atoms with Gasteiger partial charge in [0.2, 0.25) is 0 Å². The number of carbonyl (C=O) groups excluding carboxylic acids is 1. The number of hydrogen-bond acceptors (Lipinski definition) is 4. The molecule has 2 N–H and O–H groups in total. The van der Waals surface area contributed by atoms with Gasteiger partial charge in [0, 0.05) is 11.4 Å². The summed E-state index contributed by atoms with van der Waals surface area (Å²) in [6.07, 6.45) is 1.63. The first-order chi connectivity index (χ1) is 15.7. The molecule has 1 amide bonds. The van der Waals surface area contributed by atoms with Gasteiger partial charge in [-0.3, -0.25) is 9.52 Å². The van der Waals surface area contributed by atoms with Crippen LogP contribution < -0.4 is 14.8 Å². The van der Waals surface area contributed by atoms with Gasteiger partial charge in [-0.05, 0) is 85.3 Å². The number of rotatable bonds is 9. The van der Waals surface area contributed by atoms with Crippen molar-refractivity contribution in [2.24, 2.45) is 0 Å². The molecule has 6 nitrogen and oxygen atoms in total. The second-order valence-corrected chi connectivity index (χ2v) is 9.63. The number of anilines is 2.